The number of rotatable bonds is 14. The van der Waals surface area contributed by atoms with Crippen molar-refractivity contribution in [3.63, 3.8) is 0 Å². The predicted octanol–water partition coefficient (Wildman–Crippen LogP) is 6.51. The number of fused-ring (bicyclic) bond motifs is 1. The van der Waals surface area contributed by atoms with E-state index >= 15 is 4.79 Å². The van der Waals surface area contributed by atoms with Crippen LogP contribution in [0.25, 0.3) is 11.3 Å². The number of carbonyl (C=O) groups is 4. The first-order valence-electron chi connectivity index (χ1n) is 23.9. The standard InChI is InChI=1S/C51H73N5O11/c1-12-40-51(8)45(56(49(61)67-51)24-17-16-23-55-29-38(53-30-55)37-20-14-13-15-21-37)33(4)42(58)31(2)27-50(7,62-11)46(66-48-43(59)39(54(9)10)25-32(3)63-48)34(5)44(35(6)47(60)64-40)65-41(57)26-36-19-18-22-52-28-36/h13-15,18-22,28-35,39-40,43-46,48,59H,12,16-17,23-27H2,1-11H3/t31-,32-,33+,34+,35-,39+,40-,43-,44+,45-,46-,48+,50+,51-/m1/s1. The molecule has 14 atom stereocenters. The highest BCUT2D eigenvalue weighted by Gasteiger charge is 2.60. The zero-order chi connectivity index (χ0) is 48.8. The van der Waals surface area contributed by atoms with Gasteiger partial charge >= 0.3 is 18.0 Å². The van der Waals surface area contributed by atoms with Gasteiger partial charge in [-0.1, -0.05) is 64.1 Å². The van der Waals surface area contributed by atoms with Crippen LogP contribution in [-0.2, 0) is 55.8 Å². The van der Waals surface area contributed by atoms with Crippen LogP contribution in [-0.4, -0.2) is 141 Å². The number of benzene rings is 1. The number of hydrogen-bond acceptors (Lipinski definition) is 14. The second-order valence-electron chi connectivity index (χ2n) is 19.7. The highest BCUT2D eigenvalue weighted by molar-refractivity contribution is 5.85. The number of aliphatic hydroxyl groups excluding tert-OH is 1. The molecule has 67 heavy (non-hydrogen) atoms. The molecule has 0 aliphatic carbocycles. The molecule has 16 heteroatoms. The zero-order valence-corrected chi connectivity index (χ0v) is 41.2. The van der Waals surface area contributed by atoms with E-state index in [2.05, 4.69) is 9.97 Å². The maximum absolute atomic E-state index is 15.0. The average molecular weight is 932 g/mol. The number of methoxy groups -OCH3 is 1. The number of ketones is 1. The van der Waals surface area contributed by atoms with E-state index in [1.165, 1.54) is 7.11 Å². The summed E-state index contributed by atoms with van der Waals surface area (Å²) in [4.78, 5) is 70.1. The zero-order valence-electron chi connectivity index (χ0n) is 41.2. The largest absolute Gasteiger partial charge is 0.461 e. The first-order chi connectivity index (χ1) is 31.8. The van der Waals surface area contributed by atoms with Crippen molar-refractivity contribution in [2.75, 3.05) is 27.7 Å². The average Bonchev–Trinajstić information content (AvgIpc) is 3.89. The number of aryl methyl sites for hydroxylation is 1. The van der Waals surface area contributed by atoms with Crippen LogP contribution in [0.5, 0.6) is 0 Å². The number of amides is 1. The number of pyridine rings is 1. The molecule has 16 nitrogen and oxygen atoms in total. The number of nitrogens with zero attached hydrogens (tertiary/aromatic N) is 5. The van der Waals surface area contributed by atoms with E-state index in [9.17, 15) is 19.5 Å². The minimum Gasteiger partial charge on any atom is -0.461 e. The van der Waals surface area contributed by atoms with E-state index in [0.717, 1.165) is 11.3 Å². The van der Waals surface area contributed by atoms with E-state index in [1.807, 2.05) is 94.7 Å². The normalized spacial score (nSPS) is 34.3. The summed E-state index contributed by atoms with van der Waals surface area (Å²) in [5, 5.41) is 11.7. The van der Waals surface area contributed by atoms with Crippen LogP contribution in [0, 0.1) is 23.7 Å². The van der Waals surface area contributed by atoms with Crippen molar-refractivity contribution in [1.29, 1.82) is 0 Å². The van der Waals surface area contributed by atoms with E-state index < -0.39 is 89.7 Å². The number of carbonyl (C=O) groups excluding carboxylic acids is 4. The number of aliphatic hydroxyl groups is 1. The highest BCUT2D eigenvalue weighted by Crippen LogP contribution is 2.44. The number of imidazole rings is 1. The molecule has 3 aliphatic heterocycles. The molecular weight excluding hydrogens is 859 g/mol. The van der Waals surface area contributed by atoms with Gasteiger partial charge in [0.15, 0.2) is 11.9 Å². The highest BCUT2D eigenvalue weighted by atomic mass is 16.7. The molecule has 5 heterocycles. The first-order valence-corrected chi connectivity index (χ1v) is 23.9. The van der Waals surface area contributed by atoms with Gasteiger partial charge in [0.2, 0.25) is 0 Å². The lowest BCUT2D eigenvalue weighted by Crippen LogP contribution is -2.61. The van der Waals surface area contributed by atoms with Gasteiger partial charge < -0.3 is 47.9 Å². The van der Waals surface area contributed by atoms with Crippen LogP contribution < -0.4 is 0 Å². The third-order valence-electron chi connectivity index (χ3n) is 14.4. The molecule has 1 N–H and O–H groups in total. The van der Waals surface area contributed by atoms with Crippen molar-refractivity contribution < 1.29 is 52.7 Å². The summed E-state index contributed by atoms with van der Waals surface area (Å²) in [6, 6.07) is 12.3. The Morgan fingerprint density at radius 3 is 2.36 bits per heavy atom. The van der Waals surface area contributed by atoms with Gasteiger partial charge in [-0.15, -0.1) is 0 Å². The van der Waals surface area contributed by atoms with E-state index in [1.54, 1.807) is 56.5 Å². The minimum absolute atomic E-state index is 0.123. The molecule has 0 spiro atoms. The fourth-order valence-corrected chi connectivity index (χ4v) is 10.7. The number of hydrogen-bond donors (Lipinski definition) is 1. The number of esters is 2. The third kappa shape index (κ3) is 11.6. The van der Waals surface area contributed by atoms with Crippen molar-refractivity contribution in [2.24, 2.45) is 23.7 Å². The maximum atomic E-state index is 15.0. The van der Waals surface area contributed by atoms with Gasteiger partial charge in [0, 0.05) is 68.1 Å². The van der Waals surface area contributed by atoms with Crippen LogP contribution in [0.1, 0.15) is 93.1 Å². The molecule has 2 aromatic heterocycles. The summed E-state index contributed by atoms with van der Waals surface area (Å²) in [6.07, 6.45) is 2.81. The summed E-state index contributed by atoms with van der Waals surface area (Å²) in [7, 11) is 5.29. The Labute approximate surface area is 396 Å². The van der Waals surface area contributed by atoms with Crippen LogP contribution in [0.3, 0.4) is 0 Å². The number of unbranched alkanes of at least 4 members (excludes halogenated alkanes) is 1. The quantitative estimate of drug-likeness (QED) is 0.105. The lowest BCUT2D eigenvalue weighted by atomic mass is 9.73. The van der Waals surface area contributed by atoms with Gasteiger partial charge in [0.25, 0.3) is 0 Å². The van der Waals surface area contributed by atoms with Crippen molar-refractivity contribution in [1.82, 2.24) is 24.3 Å². The second kappa shape index (κ2) is 22.1. The number of aromatic nitrogens is 3. The smallest absolute Gasteiger partial charge is 0.410 e. The predicted molar refractivity (Wildman–Crippen MR) is 249 cm³/mol. The van der Waals surface area contributed by atoms with Gasteiger partial charge in [-0.05, 0) is 85.5 Å². The lowest BCUT2D eigenvalue weighted by Gasteiger charge is -2.48. The number of cyclic esters (lactones) is 1. The Morgan fingerprint density at radius 1 is 0.985 bits per heavy atom. The van der Waals surface area contributed by atoms with E-state index in [0.29, 0.717) is 37.9 Å². The van der Waals surface area contributed by atoms with Crippen molar-refractivity contribution >= 4 is 23.8 Å². The van der Waals surface area contributed by atoms with Gasteiger partial charge in [-0.2, -0.15) is 0 Å². The van der Waals surface area contributed by atoms with Crippen LogP contribution >= 0.6 is 0 Å². The molecule has 6 rings (SSSR count). The number of ether oxygens (including phenoxy) is 6. The minimum atomic E-state index is -1.43. The summed E-state index contributed by atoms with van der Waals surface area (Å²) in [5.74, 6) is -4.79. The topological polar surface area (TPSA) is 181 Å². The summed E-state index contributed by atoms with van der Waals surface area (Å²) in [5.41, 5.74) is -0.219. The third-order valence-corrected chi connectivity index (χ3v) is 14.4. The Morgan fingerprint density at radius 2 is 1.70 bits per heavy atom. The Balaban J connectivity index is 1.34. The summed E-state index contributed by atoms with van der Waals surface area (Å²) < 4.78 is 40.6. The SMILES string of the molecule is CC[C@H]1OC(=O)[C@H](C)[C@@H](OC(=O)Cc2cccnc2)[C@H](C)[C@@H](O[C@@H]2O[C@H](C)C[C@H](N(C)C)[C@H]2O)[C@@](C)(OC)C[C@@H](C)C(=O)[C@H](C)[C@H]2N(CCCCn3cnc(-c4ccccc4)c3)C(=O)O[C@]12C. The lowest BCUT2D eigenvalue weighted by molar-refractivity contribution is -0.301. The van der Waals surface area contributed by atoms with Gasteiger partial charge in [0.05, 0.1) is 48.2 Å². The van der Waals surface area contributed by atoms with E-state index in [-0.39, 0.29) is 37.2 Å². The first kappa shape index (κ1) is 51.6. The Kier molecular flexibility index (Phi) is 17.1. The van der Waals surface area contributed by atoms with Gasteiger partial charge in [-0.3, -0.25) is 19.4 Å². The van der Waals surface area contributed by atoms with Gasteiger partial charge in [-0.25, -0.2) is 9.78 Å². The van der Waals surface area contributed by atoms with Crippen molar-refractivity contribution in [3.8, 4) is 11.3 Å². The molecule has 0 radical (unpaired) electrons. The van der Waals surface area contributed by atoms with Crippen molar-refractivity contribution in [3.05, 3.63) is 72.9 Å². The fraction of sp³-hybridized carbons (Fsp3) is 0.647. The summed E-state index contributed by atoms with van der Waals surface area (Å²) >= 11 is 0. The maximum Gasteiger partial charge on any atom is 0.410 e. The molecule has 1 aromatic carbocycles. The molecule has 3 aromatic rings. The molecule has 368 valence electrons. The molecule has 0 bridgehead atoms. The molecule has 0 unspecified atom stereocenters. The molecule has 3 saturated heterocycles. The molecule has 3 aliphatic rings. The second-order valence-corrected chi connectivity index (χ2v) is 19.7. The summed E-state index contributed by atoms with van der Waals surface area (Å²) in [6.45, 7) is 15.4. The Bertz CT molecular complexity index is 2120. The Hall–Kier alpha value is -4.74. The van der Waals surface area contributed by atoms with Gasteiger partial charge in [0.1, 0.15) is 24.1 Å². The van der Waals surface area contributed by atoms with Crippen LogP contribution in [0.15, 0.2) is 67.4 Å². The molecule has 1 amide bonds. The number of likely N-dealkylation sites (N-methyl/N-ethyl adjacent to an activating group) is 1. The van der Waals surface area contributed by atoms with Crippen molar-refractivity contribution in [2.45, 2.75) is 161 Å². The van der Waals surface area contributed by atoms with Crippen LogP contribution in [0.4, 0.5) is 4.79 Å². The molecule has 0 saturated carbocycles. The monoisotopic (exact) mass is 932 g/mol. The molecule has 3 fully saturated rings. The molecular formula is C51H73N5O11. The van der Waals surface area contributed by atoms with E-state index in [4.69, 9.17) is 28.4 Å². The fourth-order valence-electron chi connectivity index (χ4n) is 10.7. The van der Waals surface area contributed by atoms with Crippen LogP contribution in [0.2, 0.25) is 0 Å². The number of Topliss-reactive ketones (excluding diaryl/α,β-unsaturated/α-hetero) is 1.